The number of aliphatic hydroxyl groups excluding tert-OH is 1. The molecule has 0 saturated heterocycles. The van der Waals surface area contributed by atoms with Crippen molar-refractivity contribution in [3.05, 3.63) is 21.6 Å². The van der Waals surface area contributed by atoms with Crippen LogP contribution in [0.3, 0.4) is 0 Å². The van der Waals surface area contributed by atoms with Crippen molar-refractivity contribution in [2.45, 2.75) is 38.3 Å². The molecule has 0 spiro atoms. The molecular formula is C11H16ClN3O2. The summed E-state index contributed by atoms with van der Waals surface area (Å²) in [7, 11) is 0. The Balaban J connectivity index is 2.25. The maximum atomic E-state index is 11.8. The number of aryl methyl sites for hydroxylation is 1. The van der Waals surface area contributed by atoms with E-state index in [1.54, 1.807) is 6.20 Å². The van der Waals surface area contributed by atoms with Crippen LogP contribution < -0.4 is 10.9 Å². The van der Waals surface area contributed by atoms with E-state index < -0.39 is 0 Å². The second-order valence-electron chi connectivity index (χ2n) is 4.46. The van der Waals surface area contributed by atoms with Crippen molar-refractivity contribution < 1.29 is 5.11 Å². The number of nitrogens with zero attached hydrogens (tertiary/aromatic N) is 2. The predicted octanol–water partition coefficient (Wildman–Crippen LogP) is 1.24. The van der Waals surface area contributed by atoms with Gasteiger partial charge < -0.3 is 10.4 Å². The van der Waals surface area contributed by atoms with Crippen LogP contribution in [0.15, 0.2) is 11.0 Å². The van der Waals surface area contributed by atoms with Crippen LogP contribution in [0.2, 0.25) is 5.02 Å². The van der Waals surface area contributed by atoms with Crippen molar-refractivity contribution in [3.63, 3.8) is 0 Å². The van der Waals surface area contributed by atoms with E-state index in [0.717, 1.165) is 19.3 Å². The molecule has 0 amide bonds. The summed E-state index contributed by atoms with van der Waals surface area (Å²) in [4.78, 5) is 11.8. The largest absolute Gasteiger partial charge is 0.394 e. The van der Waals surface area contributed by atoms with E-state index >= 15 is 0 Å². The van der Waals surface area contributed by atoms with Gasteiger partial charge in [0.1, 0.15) is 5.02 Å². The number of aromatic nitrogens is 2. The molecule has 2 N–H and O–H groups in total. The Morgan fingerprint density at radius 1 is 1.65 bits per heavy atom. The number of anilines is 1. The van der Waals surface area contributed by atoms with Crippen LogP contribution in [-0.4, -0.2) is 27.0 Å². The van der Waals surface area contributed by atoms with Crippen molar-refractivity contribution in [1.82, 2.24) is 9.78 Å². The molecule has 1 aromatic rings. The zero-order valence-corrected chi connectivity index (χ0v) is 10.5. The number of hydrogen-bond acceptors (Lipinski definition) is 4. The highest BCUT2D eigenvalue weighted by atomic mass is 35.5. The molecule has 1 fully saturated rings. The Hall–Kier alpha value is -1.07. The summed E-state index contributed by atoms with van der Waals surface area (Å²) < 4.78 is 1.35. The molecule has 17 heavy (non-hydrogen) atoms. The van der Waals surface area contributed by atoms with Gasteiger partial charge in [0.05, 0.1) is 24.0 Å². The minimum absolute atomic E-state index is 0.0430. The second kappa shape index (κ2) is 4.66. The van der Waals surface area contributed by atoms with Crippen LogP contribution in [0.4, 0.5) is 5.69 Å². The summed E-state index contributed by atoms with van der Waals surface area (Å²) in [6.07, 6.45) is 4.15. The molecule has 0 radical (unpaired) electrons. The SMILES string of the molecule is CCCn1ncc(NC2(CO)CC2)c(Cl)c1=O. The van der Waals surface area contributed by atoms with E-state index in [2.05, 4.69) is 10.4 Å². The summed E-state index contributed by atoms with van der Waals surface area (Å²) in [6, 6.07) is 0. The minimum atomic E-state index is -0.297. The van der Waals surface area contributed by atoms with Gasteiger partial charge in [-0.15, -0.1) is 0 Å². The molecule has 1 heterocycles. The summed E-state index contributed by atoms with van der Waals surface area (Å²) in [5, 5.41) is 16.5. The fourth-order valence-corrected chi connectivity index (χ4v) is 1.88. The quantitative estimate of drug-likeness (QED) is 0.833. The third-order valence-corrected chi connectivity index (χ3v) is 3.34. The third kappa shape index (κ3) is 2.45. The standard InChI is InChI=1S/C11H16ClN3O2/c1-2-5-15-10(17)9(12)8(6-13-15)14-11(7-16)3-4-11/h6,14,16H,2-5,7H2,1H3. The van der Waals surface area contributed by atoms with E-state index in [0.29, 0.717) is 12.2 Å². The average Bonchev–Trinajstić information content (AvgIpc) is 3.10. The molecule has 0 aromatic carbocycles. The van der Waals surface area contributed by atoms with Gasteiger partial charge in [-0.25, -0.2) is 4.68 Å². The van der Waals surface area contributed by atoms with Crippen LogP contribution in [0.25, 0.3) is 0 Å². The highest BCUT2D eigenvalue weighted by molar-refractivity contribution is 6.32. The molecule has 5 nitrogen and oxygen atoms in total. The van der Waals surface area contributed by atoms with E-state index in [4.69, 9.17) is 11.6 Å². The molecule has 2 rings (SSSR count). The molecule has 1 aliphatic rings. The monoisotopic (exact) mass is 257 g/mol. The minimum Gasteiger partial charge on any atom is -0.394 e. The first kappa shape index (κ1) is 12.4. The van der Waals surface area contributed by atoms with Crippen molar-refractivity contribution in [2.24, 2.45) is 0 Å². The van der Waals surface area contributed by atoms with Gasteiger partial charge in [-0.3, -0.25) is 4.79 Å². The van der Waals surface area contributed by atoms with Gasteiger partial charge in [0.25, 0.3) is 5.56 Å². The Kier molecular flexibility index (Phi) is 3.40. The van der Waals surface area contributed by atoms with Crippen LogP contribution in [0, 0.1) is 0 Å². The third-order valence-electron chi connectivity index (χ3n) is 2.98. The van der Waals surface area contributed by atoms with Gasteiger partial charge in [0.2, 0.25) is 0 Å². The summed E-state index contributed by atoms with van der Waals surface area (Å²) in [6.45, 7) is 2.57. The van der Waals surface area contributed by atoms with Gasteiger partial charge in [-0.1, -0.05) is 18.5 Å². The highest BCUT2D eigenvalue weighted by Gasteiger charge is 2.42. The summed E-state index contributed by atoms with van der Waals surface area (Å²) >= 11 is 6.01. The van der Waals surface area contributed by atoms with E-state index in [1.165, 1.54) is 4.68 Å². The van der Waals surface area contributed by atoms with Crippen LogP contribution >= 0.6 is 11.6 Å². The Labute approximate surface area is 104 Å². The summed E-state index contributed by atoms with van der Waals surface area (Å²) in [5.41, 5.74) is -0.0721. The van der Waals surface area contributed by atoms with Crippen molar-refractivity contribution in [3.8, 4) is 0 Å². The van der Waals surface area contributed by atoms with Gasteiger partial charge >= 0.3 is 0 Å². The number of aliphatic hydroxyl groups is 1. The second-order valence-corrected chi connectivity index (χ2v) is 4.84. The van der Waals surface area contributed by atoms with Crippen molar-refractivity contribution >= 4 is 17.3 Å². The zero-order chi connectivity index (χ0) is 12.5. The topological polar surface area (TPSA) is 67.2 Å². The first-order valence-corrected chi connectivity index (χ1v) is 6.14. The van der Waals surface area contributed by atoms with Gasteiger partial charge in [-0.05, 0) is 19.3 Å². The first-order chi connectivity index (χ1) is 8.12. The van der Waals surface area contributed by atoms with Gasteiger partial charge in [-0.2, -0.15) is 5.10 Å². The maximum Gasteiger partial charge on any atom is 0.287 e. The smallest absolute Gasteiger partial charge is 0.287 e. The van der Waals surface area contributed by atoms with Crippen LogP contribution in [0.1, 0.15) is 26.2 Å². The maximum absolute atomic E-state index is 11.8. The lowest BCUT2D eigenvalue weighted by atomic mass is 10.3. The Morgan fingerprint density at radius 3 is 2.88 bits per heavy atom. The summed E-state index contributed by atoms with van der Waals surface area (Å²) in [5.74, 6) is 0. The highest BCUT2D eigenvalue weighted by Crippen LogP contribution is 2.39. The molecule has 1 aliphatic carbocycles. The fourth-order valence-electron chi connectivity index (χ4n) is 1.68. The molecule has 1 aromatic heterocycles. The number of nitrogens with one attached hydrogen (secondary N) is 1. The van der Waals surface area contributed by atoms with Crippen molar-refractivity contribution in [1.29, 1.82) is 0 Å². The Morgan fingerprint density at radius 2 is 2.35 bits per heavy atom. The normalized spacial score (nSPS) is 16.9. The van der Waals surface area contributed by atoms with Gasteiger partial charge in [0, 0.05) is 6.54 Å². The van der Waals surface area contributed by atoms with E-state index in [9.17, 15) is 9.90 Å². The molecule has 6 heteroatoms. The average molecular weight is 258 g/mol. The molecule has 1 saturated carbocycles. The molecule has 94 valence electrons. The lowest BCUT2D eigenvalue weighted by Crippen LogP contribution is -2.29. The number of halogens is 1. The van der Waals surface area contributed by atoms with E-state index in [-0.39, 0.29) is 22.7 Å². The molecule has 0 aliphatic heterocycles. The lowest BCUT2D eigenvalue weighted by molar-refractivity contribution is 0.266. The molecular weight excluding hydrogens is 242 g/mol. The first-order valence-electron chi connectivity index (χ1n) is 5.76. The van der Waals surface area contributed by atoms with Crippen LogP contribution in [-0.2, 0) is 6.54 Å². The zero-order valence-electron chi connectivity index (χ0n) is 9.74. The lowest BCUT2D eigenvalue weighted by Gasteiger charge is -2.16. The van der Waals surface area contributed by atoms with Crippen molar-refractivity contribution in [2.75, 3.05) is 11.9 Å². The Bertz CT molecular complexity index is 468. The predicted molar refractivity (Wildman–Crippen MR) is 66.5 cm³/mol. The molecule has 0 bridgehead atoms. The molecule has 0 atom stereocenters. The van der Waals surface area contributed by atoms with Crippen LogP contribution in [0.5, 0.6) is 0 Å². The fraction of sp³-hybridized carbons (Fsp3) is 0.636. The van der Waals surface area contributed by atoms with E-state index in [1.807, 2.05) is 6.92 Å². The number of rotatable bonds is 5. The molecule has 0 unspecified atom stereocenters. The number of hydrogen-bond donors (Lipinski definition) is 2. The van der Waals surface area contributed by atoms with Gasteiger partial charge in [0.15, 0.2) is 0 Å².